The first kappa shape index (κ1) is 19.0. The van der Waals surface area contributed by atoms with Crippen LogP contribution in [0.3, 0.4) is 0 Å². The second kappa shape index (κ2) is 7.83. The van der Waals surface area contributed by atoms with Gasteiger partial charge in [0.05, 0.1) is 16.6 Å². The van der Waals surface area contributed by atoms with Crippen LogP contribution in [0.15, 0.2) is 41.6 Å². The molecule has 1 heterocycles. The summed E-state index contributed by atoms with van der Waals surface area (Å²) in [6.45, 7) is 5.60. The zero-order valence-electron chi connectivity index (χ0n) is 14.9. The van der Waals surface area contributed by atoms with Gasteiger partial charge in [-0.15, -0.1) is 5.10 Å². The van der Waals surface area contributed by atoms with Gasteiger partial charge in [0, 0.05) is 6.07 Å². The fourth-order valence-corrected chi connectivity index (χ4v) is 3.28. The van der Waals surface area contributed by atoms with Crippen LogP contribution in [-0.2, 0) is 4.79 Å². The quantitative estimate of drug-likeness (QED) is 0.674. The molecule has 6 nitrogen and oxygen atoms in total. The zero-order chi connectivity index (χ0) is 19.6. The predicted octanol–water partition coefficient (Wildman–Crippen LogP) is 3.68. The Bertz CT molecular complexity index is 992. The molecule has 0 aliphatic rings. The Morgan fingerprint density at radius 1 is 1.19 bits per heavy atom. The van der Waals surface area contributed by atoms with Gasteiger partial charge in [0.1, 0.15) is 11.6 Å². The largest absolute Gasteiger partial charge is 0.323 e. The van der Waals surface area contributed by atoms with Crippen molar-refractivity contribution in [3.05, 3.63) is 59.2 Å². The van der Waals surface area contributed by atoms with Gasteiger partial charge in [0.2, 0.25) is 11.1 Å². The fourth-order valence-electron chi connectivity index (χ4n) is 2.48. The van der Waals surface area contributed by atoms with Crippen molar-refractivity contribution >= 4 is 23.4 Å². The number of aryl methyl sites for hydroxylation is 2. The van der Waals surface area contributed by atoms with E-state index in [1.165, 1.54) is 6.07 Å². The van der Waals surface area contributed by atoms with Crippen molar-refractivity contribution < 1.29 is 13.6 Å². The number of thioether (sulfide) groups is 1. The summed E-state index contributed by atoms with van der Waals surface area (Å²) in [5.74, 6) is -1.98. The van der Waals surface area contributed by atoms with Crippen molar-refractivity contribution in [1.29, 1.82) is 0 Å². The highest BCUT2D eigenvalue weighted by Gasteiger charge is 2.21. The maximum absolute atomic E-state index is 13.7. The van der Waals surface area contributed by atoms with E-state index < -0.39 is 22.8 Å². The number of carbonyl (C=O) groups is 1. The number of halogens is 2. The van der Waals surface area contributed by atoms with Crippen molar-refractivity contribution in [3.63, 3.8) is 0 Å². The lowest BCUT2D eigenvalue weighted by atomic mass is 10.1. The average Bonchev–Trinajstić information content (AvgIpc) is 3.05. The highest BCUT2D eigenvalue weighted by atomic mass is 32.2. The number of benzene rings is 2. The lowest BCUT2D eigenvalue weighted by Gasteiger charge is -2.13. The molecule has 1 aromatic heterocycles. The number of carbonyl (C=O) groups excluding carboxylic acids is 1. The van der Waals surface area contributed by atoms with Crippen LogP contribution >= 0.6 is 11.8 Å². The summed E-state index contributed by atoms with van der Waals surface area (Å²) in [6, 6.07) is 8.85. The lowest BCUT2D eigenvalue weighted by molar-refractivity contribution is -0.115. The van der Waals surface area contributed by atoms with Crippen LogP contribution in [0.1, 0.15) is 18.1 Å². The Balaban J connectivity index is 1.76. The fraction of sp³-hybridized carbons (Fsp3) is 0.222. The molecule has 3 rings (SSSR count). The van der Waals surface area contributed by atoms with E-state index in [-0.39, 0.29) is 5.69 Å². The third kappa shape index (κ3) is 4.30. The second-order valence-corrected chi connectivity index (χ2v) is 7.34. The molecule has 2 aromatic carbocycles. The first-order chi connectivity index (χ1) is 12.8. The molecule has 0 saturated heterocycles. The molecule has 0 unspecified atom stereocenters. The summed E-state index contributed by atoms with van der Waals surface area (Å²) in [7, 11) is 0. The zero-order valence-corrected chi connectivity index (χ0v) is 15.7. The normalized spacial score (nSPS) is 12.0. The Labute approximate surface area is 159 Å². The molecule has 3 aromatic rings. The summed E-state index contributed by atoms with van der Waals surface area (Å²) in [5.41, 5.74) is 2.84. The third-order valence-corrected chi connectivity index (χ3v) is 4.89. The molecular weight excluding hydrogens is 372 g/mol. The van der Waals surface area contributed by atoms with E-state index in [2.05, 4.69) is 20.8 Å². The van der Waals surface area contributed by atoms with Gasteiger partial charge in [-0.3, -0.25) is 4.79 Å². The van der Waals surface area contributed by atoms with E-state index in [4.69, 9.17) is 0 Å². The summed E-state index contributed by atoms with van der Waals surface area (Å²) in [6.07, 6.45) is 0. The van der Waals surface area contributed by atoms with E-state index in [1.807, 2.05) is 32.0 Å². The molecule has 0 fully saturated rings. The van der Waals surface area contributed by atoms with Crippen LogP contribution in [-0.4, -0.2) is 31.4 Å². The Morgan fingerprint density at radius 2 is 1.96 bits per heavy atom. The summed E-state index contributed by atoms with van der Waals surface area (Å²) in [4.78, 5) is 12.4. The predicted molar refractivity (Wildman–Crippen MR) is 98.9 cm³/mol. The molecule has 0 saturated carbocycles. The Morgan fingerprint density at radius 3 is 2.67 bits per heavy atom. The lowest BCUT2D eigenvalue weighted by Crippen LogP contribution is -2.23. The summed E-state index contributed by atoms with van der Waals surface area (Å²) in [5, 5.41) is 13.9. The number of tetrazole rings is 1. The smallest absolute Gasteiger partial charge is 0.237 e. The van der Waals surface area contributed by atoms with Crippen molar-refractivity contribution in [2.24, 2.45) is 0 Å². The molecule has 9 heteroatoms. The highest BCUT2D eigenvalue weighted by Crippen LogP contribution is 2.26. The SMILES string of the molecule is Cc1ccc(-n2nnnc2S[C@H](C)C(=O)Nc2ccc(F)cc2F)c(C)c1. The van der Waals surface area contributed by atoms with E-state index in [0.717, 1.165) is 34.6 Å². The highest BCUT2D eigenvalue weighted by molar-refractivity contribution is 8.00. The van der Waals surface area contributed by atoms with Crippen LogP contribution in [0.2, 0.25) is 0 Å². The molecule has 1 N–H and O–H groups in total. The van der Waals surface area contributed by atoms with E-state index in [1.54, 1.807) is 11.6 Å². The summed E-state index contributed by atoms with van der Waals surface area (Å²) < 4.78 is 28.3. The van der Waals surface area contributed by atoms with Gasteiger partial charge in [0.15, 0.2) is 0 Å². The molecule has 0 aliphatic heterocycles. The Hall–Kier alpha value is -2.81. The number of nitrogens with one attached hydrogen (secondary N) is 1. The molecule has 0 radical (unpaired) electrons. The molecular formula is C18H17F2N5OS. The average molecular weight is 389 g/mol. The number of aromatic nitrogens is 4. The van der Waals surface area contributed by atoms with Crippen LogP contribution in [0.5, 0.6) is 0 Å². The first-order valence-electron chi connectivity index (χ1n) is 8.13. The van der Waals surface area contributed by atoms with E-state index in [9.17, 15) is 13.6 Å². The first-order valence-corrected chi connectivity index (χ1v) is 9.01. The van der Waals surface area contributed by atoms with Crippen LogP contribution in [0.4, 0.5) is 14.5 Å². The molecule has 140 valence electrons. The second-order valence-electron chi connectivity index (χ2n) is 6.04. The number of amides is 1. The minimum absolute atomic E-state index is 0.0807. The van der Waals surface area contributed by atoms with E-state index in [0.29, 0.717) is 11.2 Å². The van der Waals surface area contributed by atoms with Crippen LogP contribution in [0.25, 0.3) is 5.69 Å². The van der Waals surface area contributed by atoms with Gasteiger partial charge < -0.3 is 5.32 Å². The number of hydrogen-bond donors (Lipinski definition) is 1. The topological polar surface area (TPSA) is 72.7 Å². The van der Waals surface area contributed by atoms with Gasteiger partial charge in [-0.25, -0.2) is 8.78 Å². The van der Waals surface area contributed by atoms with Gasteiger partial charge in [-0.05, 0) is 55.0 Å². The number of anilines is 1. The summed E-state index contributed by atoms with van der Waals surface area (Å²) >= 11 is 1.14. The molecule has 1 atom stereocenters. The van der Waals surface area contributed by atoms with Crippen molar-refractivity contribution in [2.75, 3.05) is 5.32 Å². The maximum atomic E-state index is 13.7. The molecule has 1 amide bonds. The number of rotatable bonds is 5. The molecule has 0 spiro atoms. The number of nitrogens with zero attached hydrogens (tertiary/aromatic N) is 4. The molecule has 27 heavy (non-hydrogen) atoms. The van der Waals surface area contributed by atoms with Crippen molar-refractivity contribution in [3.8, 4) is 5.69 Å². The van der Waals surface area contributed by atoms with Gasteiger partial charge in [-0.1, -0.05) is 29.5 Å². The molecule has 0 bridgehead atoms. The van der Waals surface area contributed by atoms with Crippen LogP contribution < -0.4 is 5.32 Å². The van der Waals surface area contributed by atoms with Gasteiger partial charge in [-0.2, -0.15) is 4.68 Å². The van der Waals surface area contributed by atoms with Crippen molar-refractivity contribution in [1.82, 2.24) is 20.2 Å². The minimum Gasteiger partial charge on any atom is -0.323 e. The monoisotopic (exact) mass is 389 g/mol. The minimum atomic E-state index is -0.833. The van der Waals surface area contributed by atoms with Crippen molar-refractivity contribution in [2.45, 2.75) is 31.2 Å². The molecule has 0 aliphatic carbocycles. The number of hydrogen-bond acceptors (Lipinski definition) is 5. The Kier molecular flexibility index (Phi) is 5.50. The maximum Gasteiger partial charge on any atom is 0.237 e. The van der Waals surface area contributed by atoms with Gasteiger partial charge >= 0.3 is 0 Å². The van der Waals surface area contributed by atoms with E-state index >= 15 is 0 Å². The third-order valence-electron chi connectivity index (χ3n) is 3.86. The standard InChI is InChI=1S/C18H17F2N5OS/c1-10-4-7-16(11(2)8-10)25-18(22-23-24-25)27-12(3)17(26)21-15-6-5-13(19)9-14(15)20/h4-9,12H,1-3H3,(H,21,26)/t12-/m1/s1. The van der Waals surface area contributed by atoms with Gasteiger partial charge in [0.25, 0.3) is 0 Å². The van der Waals surface area contributed by atoms with Crippen LogP contribution in [0, 0.1) is 25.5 Å².